The molecule has 0 saturated heterocycles. The largest absolute Gasteiger partial charge is 0.476 e. The van der Waals surface area contributed by atoms with Gasteiger partial charge in [-0.2, -0.15) is 0 Å². The molecule has 0 aliphatic heterocycles. The molecule has 72 valence electrons. The normalized spacial score (nSPS) is 10.7. The number of nitrogens with zero attached hydrogens (tertiary/aromatic N) is 2. The summed E-state index contributed by atoms with van der Waals surface area (Å²) >= 11 is 9.12. The fourth-order valence-corrected chi connectivity index (χ4v) is 1.97. The van der Waals surface area contributed by atoms with Gasteiger partial charge in [-0.15, -0.1) is 0 Å². The molecule has 0 aromatic carbocycles. The van der Waals surface area contributed by atoms with E-state index in [2.05, 4.69) is 20.9 Å². The molecule has 0 bridgehead atoms. The molecule has 2 heterocycles. The molecular formula is C8H4BrClN2O2. The number of aromatic nitrogens is 2. The van der Waals surface area contributed by atoms with Gasteiger partial charge in [-0.3, -0.25) is 0 Å². The van der Waals surface area contributed by atoms with E-state index in [1.807, 2.05) is 0 Å². The predicted molar refractivity (Wildman–Crippen MR) is 54.9 cm³/mol. The maximum atomic E-state index is 10.6. The number of fused-ring (bicyclic) bond motifs is 1. The summed E-state index contributed by atoms with van der Waals surface area (Å²) in [4.78, 5) is 14.5. The van der Waals surface area contributed by atoms with E-state index < -0.39 is 5.97 Å². The maximum absolute atomic E-state index is 10.6. The number of rotatable bonds is 1. The second-order valence-corrected chi connectivity index (χ2v) is 3.99. The number of imidazole rings is 1. The molecule has 0 fully saturated rings. The first kappa shape index (κ1) is 9.48. The van der Waals surface area contributed by atoms with Gasteiger partial charge in [0.05, 0.1) is 5.02 Å². The van der Waals surface area contributed by atoms with Gasteiger partial charge in [0, 0.05) is 16.9 Å². The monoisotopic (exact) mass is 274 g/mol. The second-order valence-electron chi connectivity index (χ2n) is 2.67. The molecule has 4 nitrogen and oxygen atoms in total. The molecule has 14 heavy (non-hydrogen) atoms. The van der Waals surface area contributed by atoms with Crippen LogP contribution in [0, 0.1) is 0 Å². The van der Waals surface area contributed by atoms with Crippen molar-refractivity contribution < 1.29 is 9.90 Å². The molecule has 0 amide bonds. The average Bonchev–Trinajstić information content (AvgIpc) is 2.47. The molecule has 2 aromatic rings. The van der Waals surface area contributed by atoms with E-state index in [9.17, 15) is 4.79 Å². The van der Waals surface area contributed by atoms with Gasteiger partial charge in [0.25, 0.3) is 0 Å². The van der Waals surface area contributed by atoms with Crippen molar-refractivity contribution in [2.45, 2.75) is 0 Å². The summed E-state index contributed by atoms with van der Waals surface area (Å²) in [5.41, 5.74) is 0.414. The van der Waals surface area contributed by atoms with Crippen molar-refractivity contribution in [1.82, 2.24) is 9.38 Å². The molecule has 0 saturated carbocycles. The number of hydrogen-bond acceptors (Lipinski definition) is 2. The minimum absolute atomic E-state index is 0.0231. The first-order valence-electron chi connectivity index (χ1n) is 3.65. The average molecular weight is 275 g/mol. The summed E-state index contributed by atoms with van der Waals surface area (Å²) in [6.07, 6.45) is 3.11. The van der Waals surface area contributed by atoms with Crippen LogP contribution in [0.4, 0.5) is 0 Å². The van der Waals surface area contributed by atoms with Crippen molar-refractivity contribution in [3.05, 3.63) is 33.6 Å². The quantitative estimate of drug-likeness (QED) is 0.870. The first-order chi connectivity index (χ1) is 6.58. The van der Waals surface area contributed by atoms with Gasteiger partial charge in [-0.1, -0.05) is 11.6 Å². The third-order valence-electron chi connectivity index (χ3n) is 1.69. The van der Waals surface area contributed by atoms with Crippen LogP contribution in [0.1, 0.15) is 10.5 Å². The van der Waals surface area contributed by atoms with Crippen LogP contribution < -0.4 is 0 Å². The van der Waals surface area contributed by atoms with E-state index in [-0.39, 0.29) is 5.69 Å². The first-order valence-corrected chi connectivity index (χ1v) is 4.82. The van der Waals surface area contributed by atoms with E-state index in [4.69, 9.17) is 16.7 Å². The fourth-order valence-electron chi connectivity index (χ4n) is 1.13. The Hall–Kier alpha value is -1.07. The fraction of sp³-hybridized carbons (Fsp3) is 0. The number of halogens is 2. The van der Waals surface area contributed by atoms with Crippen LogP contribution in [0.15, 0.2) is 22.9 Å². The number of carbonyl (C=O) groups is 1. The topological polar surface area (TPSA) is 54.6 Å². The number of carboxylic acids is 1. The number of carboxylic acid groups (broad SMARTS) is 1. The van der Waals surface area contributed by atoms with Gasteiger partial charge in [0.1, 0.15) is 0 Å². The van der Waals surface area contributed by atoms with Crippen LogP contribution in [0.2, 0.25) is 5.02 Å². The van der Waals surface area contributed by atoms with Gasteiger partial charge >= 0.3 is 5.97 Å². The van der Waals surface area contributed by atoms with E-state index in [1.165, 1.54) is 6.20 Å². The minimum atomic E-state index is -1.07. The van der Waals surface area contributed by atoms with Crippen molar-refractivity contribution >= 4 is 39.1 Å². The summed E-state index contributed by atoms with van der Waals surface area (Å²) in [5.74, 6) is -1.07. The number of hydrogen-bond donors (Lipinski definition) is 1. The van der Waals surface area contributed by atoms with Gasteiger partial charge in [0.15, 0.2) is 11.3 Å². The van der Waals surface area contributed by atoms with E-state index in [0.29, 0.717) is 10.7 Å². The molecule has 2 aromatic heterocycles. The highest BCUT2D eigenvalue weighted by Gasteiger charge is 2.10. The third kappa shape index (κ3) is 1.49. The summed E-state index contributed by atoms with van der Waals surface area (Å²) in [6, 6.07) is 1.66. The minimum Gasteiger partial charge on any atom is -0.476 e. The summed E-state index contributed by atoms with van der Waals surface area (Å²) < 4.78 is 2.33. The van der Waals surface area contributed by atoms with E-state index in [0.717, 1.165) is 4.47 Å². The standard InChI is InChI=1S/C8H4BrClN2O2/c9-4-1-5(10)7-11-6(8(13)14)3-12(7)2-4/h1-3H,(H,13,14). The lowest BCUT2D eigenvalue weighted by atomic mass is 10.5. The Morgan fingerprint density at radius 2 is 2.29 bits per heavy atom. The van der Waals surface area contributed by atoms with Crippen LogP contribution in [-0.2, 0) is 0 Å². The van der Waals surface area contributed by atoms with Crippen LogP contribution in [-0.4, -0.2) is 20.5 Å². The molecule has 6 heteroatoms. The van der Waals surface area contributed by atoms with E-state index >= 15 is 0 Å². The van der Waals surface area contributed by atoms with Gasteiger partial charge in [-0.25, -0.2) is 9.78 Å². The van der Waals surface area contributed by atoms with Crippen LogP contribution in [0.3, 0.4) is 0 Å². The zero-order valence-electron chi connectivity index (χ0n) is 6.74. The third-order valence-corrected chi connectivity index (χ3v) is 2.40. The molecule has 1 N–H and O–H groups in total. The Kier molecular flexibility index (Phi) is 2.20. The summed E-state index contributed by atoms with van der Waals surface area (Å²) in [7, 11) is 0. The molecule has 2 rings (SSSR count). The van der Waals surface area contributed by atoms with Crippen LogP contribution >= 0.6 is 27.5 Å². The second kappa shape index (κ2) is 3.25. The summed E-state index contributed by atoms with van der Waals surface area (Å²) in [5, 5.41) is 9.12. The van der Waals surface area contributed by atoms with Crippen LogP contribution in [0.5, 0.6) is 0 Å². The molecule has 0 atom stereocenters. The van der Waals surface area contributed by atoms with Gasteiger partial charge in [0.2, 0.25) is 0 Å². The van der Waals surface area contributed by atoms with Crippen molar-refractivity contribution in [2.24, 2.45) is 0 Å². The van der Waals surface area contributed by atoms with Gasteiger partial charge < -0.3 is 9.51 Å². The predicted octanol–water partition coefficient (Wildman–Crippen LogP) is 2.45. The Morgan fingerprint density at radius 3 is 2.93 bits per heavy atom. The lowest BCUT2D eigenvalue weighted by Crippen LogP contribution is -1.94. The van der Waals surface area contributed by atoms with Crippen molar-refractivity contribution in [3.8, 4) is 0 Å². The van der Waals surface area contributed by atoms with E-state index in [1.54, 1.807) is 16.7 Å². The molecular weight excluding hydrogens is 271 g/mol. The van der Waals surface area contributed by atoms with Crippen LogP contribution in [0.25, 0.3) is 5.65 Å². The van der Waals surface area contributed by atoms with Crippen molar-refractivity contribution in [3.63, 3.8) is 0 Å². The highest BCUT2D eigenvalue weighted by atomic mass is 79.9. The van der Waals surface area contributed by atoms with Crippen molar-refractivity contribution in [2.75, 3.05) is 0 Å². The molecule has 0 aliphatic carbocycles. The molecule has 0 spiro atoms. The van der Waals surface area contributed by atoms with Gasteiger partial charge in [-0.05, 0) is 22.0 Å². The Balaban J connectivity index is 2.76. The summed E-state index contributed by atoms with van der Waals surface area (Å²) in [6.45, 7) is 0. The molecule has 0 unspecified atom stereocenters. The Labute approximate surface area is 92.3 Å². The maximum Gasteiger partial charge on any atom is 0.356 e. The molecule has 0 radical (unpaired) electrons. The number of pyridine rings is 1. The Bertz CT molecular complexity index is 523. The number of aromatic carboxylic acids is 1. The zero-order valence-corrected chi connectivity index (χ0v) is 9.08. The highest BCUT2D eigenvalue weighted by molar-refractivity contribution is 9.10. The SMILES string of the molecule is O=C(O)c1cn2cc(Br)cc(Cl)c2n1. The lowest BCUT2D eigenvalue weighted by Gasteiger charge is -1.96. The van der Waals surface area contributed by atoms with Crippen molar-refractivity contribution in [1.29, 1.82) is 0 Å². The smallest absolute Gasteiger partial charge is 0.356 e. The zero-order chi connectivity index (χ0) is 10.3. The Morgan fingerprint density at radius 1 is 1.57 bits per heavy atom. The highest BCUT2D eigenvalue weighted by Crippen LogP contribution is 2.21. The molecule has 0 aliphatic rings. The lowest BCUT2D eigenvalue weighted by molar-refractivity contribution is 0.0691.